The highest BCUT2D eigenvalue weighted by molar-refractivity contribution is 5.85. The quantitative estimate of drug-likeness (QED) is 0.458. The Morgan fingerprint density at radius 3 is 2.95 bits per heavy atom. The molecule has 0 saturated heterocycles. The van der Waals surface area contributed by atoms with Crippen LogP contribution in [0, 0.1) is 15.9 Å². The maximum absolute atomic E-state index is 14.0. The number of ether oxygens (including phenoxy) is 1. The number of nitro benzene ring substituents is 1. The Balaban J connectivity index is 2.32. The number of carbonyl (C=O) groups excluding carboxylic acids is 1. The van der Waals surface area contributed by atoms with Gasteiger partial charge in [0.1, 0.15) is 0 Å². The number of halogens is 1. The summed E-state index contributed by atoms with van der Waals surface area (Å²) in [5, 5.41) is 21.0. The molecule has 0 aliphatic rings. The van der Waals surface area contributed by atoms with Crippen molar-refractivity contribution in [3.05, 3.63) is 45.5 Å². The molecule has 2 rings (SSSR count). The molecular weight excluding hydrogens is 285 g/mol. The largest absolute Gasteiger partial charge is 0.460 e. The van der Waals surface area contributed by atoms with Gasteiger partial charge in [-0.1, -0.05) is 12.1 Å². The lowest BCUT2D eigenvalue weighted by Crippen LogP contribution is -2.16. The number of nitrogens with zero attached hydrogens (tertiary/aromatic N) is 5. The molecular formula is C11H10FN5O4. The van der Waals surface area contributed by atoms with Crippen LogP contribution < -0.4 is 0 Å². The van der Waals surface area contributed by atoms with Crippen LogP contribution >= 0.6 is 0 Å². The first-order valence-electron chi connectivity index (χ1n) is 5.89. The van der Waals surface area contributed by atoms with E-state index in [-0.39, 0.29) is 24.5 Å². The van der Waals surface area contributed by atoms with Crippen molar-refractivity contribution in [2.75, 3.05) is 6.61 Å². The first-order chi connectivity index (χ1) is 10.0. The lowest BCUT2D eigenvalue weighted by Gasteiger charge is -2.05. The fourth-order valence-electron chi connectivity index (χ4n) is 1.64. The van der Waals surface area contributed by atoms with Crippen LogP contribution in [0.3, 0.4) is 0 Å². The summed E-state index contributed by atoms with van der Waals surface area (Å²) < 4.78 is 19.7. The summed E-state index contributed by atoms with van der Waals surface area (Å²) in [6, 6.07) is 3.73. The van der Waals surface area contributed by atoms with Crippen molar-refractivity contribution < 1.29 is 18.8 Å². The molecule has 0 aliphatic carbocycles. The summed E-state index contributed by atoms with van der Waals surface area (Å²) in [6.07, 6.45) is 0. The maximum atomic E-state index is 14.0. The summed E-state index contributed by atoms with van der Waals surface area (Å²) >= 11 is 0. The fourth-order valence-corrected chi connectivity index (χ4v) is 1.64. The van der Waals surface area contributed by atoms with Gasteiger partial charge >= 0.3 is 11.7 Å². The van der Waals surface area contributed by atoms with Crippen LogP contribution in [0.5, 0.6) is 0 Å². The maximum Gasteiger partial charge on any atom is 0.378 e. The third kappa shape index (κ3) is 2.99. The highest BCUT2D eigenvalue weighted by Gasteiger charge is 2.21. The molecule has 0 spiro atoms. The molecule has 1 aromatic carbocycles. The zero-order valence-electron chi connectivity index (χ0n) is 10.9. The van der Waals surface area contributed by atoms with Crippen LogP contribution in [-0.2, 0) is 11.3 Å². The van der Waals surface area contributed by atoms with Crippen molar-refractivity contribution in [2.45, 2.75) is 13.5 Å². The van der Waals surface area contributed by atoms with Gasteiger partial charge in [-0.3, -0.25) is 10.1 Å². The Kier molecular flexibility index (Phi) is 4.16. The van der Waals surface area contributed by atoms with E-state index < -0.39 is 22.4 Å². The number of hydrogen-bond donors (Lipinski definition) is 0. The van der Waals surface area contributed by atoms with Crippen molar-refractivity contribution in [3.63, 3.8) is 0 Å². The molecule has 110 valence electrons. The number of hydrogen-bond acceptors (Lipinski definition) is 7. The number of tetrazole rings is 1. The second-order valence-electron chi connectivity index (χ2n) is 3.89. The number of esters is 1. The standard InChI is InChI=1S/C11H10FN5O4/c1-2-21-11(18)10-13-14-15-16(10)6-7-4-3-5-8(9(7)12)17(19)20/h3-5H,2,6H2,1H3. The van der Waals surface area contributed by atoms with E-state index in [9.17, 15) is 19.3 Å². The lowest BCUT2D eigenvalue weighted by atomic mass is 10.2. The molecule has 0 amide bonds. The molecule has 2 aromatic rings. The van der Waals surface area contributed by atoms with Gasteiger partial charge in [0, 0.05) is 11.6 Å². The predicted molar refractivity (Wildman–Crippen MR) is 65.9 cm³/mol. The Morgan fingerprint density at radius 2 is 2.29 bits per heavy atom. The van der Waals surface area contributed by atoms with Gasteiger partial charge < -0.3 is 4.74 Å². The molecule has 0 radical (unpaired) electrons. The third-order valence-corrected chi connectivity index (χ3v) is 2.57. The van der Waals surface area contributed by atoms with Gasteiger partial charge in [0.05, 0.1) is 18.1 Å². The third-order valence-electron chi connectivity index (χ3n) is 2.57. The average Bonchev–Trinajstić information content (AvgIpc) is 2.89. The monoisotopic (exact) mass is 295 g/mol. The molecule has 0 N–H and O–H groups in total. The van der Waals surface area contributed by atoms with Crippen molar-refractivity contribution >= 4 is 11.7 Å². The van der Waals surface area contributed by atoms with E-state index in [1.54, 1.807) is 6.92 Å². The molecule has 9 nitrogen and oxygen atoms in total. The fraction of sp³-hybridized carbons (Fsp3) is 0.273. The zero-order chi connectivity index (χ0) is 15.4. The molecule has 0 bridgehead atoms. The van der Waals surface area contributed by atoms with Crippen molar-refractivity contribution in [2.24, 2.45) is 0 Å². The van der Waals surface area contributed by atoms with Crippen molar-refractivity contribution in [1.29, 1.82) is 0 Å². The van der Waals surface area contributed by atoms with Gasteiger partial charge in [0.25, 0.3) is 5.82 Å². The van der Waals surface area contributed by atoms with Crippen LogP contribution in [-0.4, -0.2) is 37.7 Å². The predicted octanol–water partition coefficient (Wildman–Crippen LogP) is 0.945. The minimum absolute atomic E-state index is 0.0120. The van der Waals surface area contributed by atoms with E-state index in [4.69, 9.17) is 4.74 Å². The van der Waals surface area contributed by atoms with E-state index in [0.29, 0.717) is 0 Å². The zero-order valence-corrected chi connectivity index (χ0v) is 10.9. The molecule has 0 unspecified atom stereocenters. The van der Waals surface area contributed by atoms with E-state index in [1.807, 2.05) is 0 Å². The van der Waals surface area contributed by atoms with Crippen LogP contribution in [0.25, 0.3) is 0 Å². The minimum Gasteiger partial charge on any atom is -0.460 e. The van der Waals surface area contributed by atoms with Crippen LogP contribution in [0.4, 0.5) is 10.1 Å². The highest BCUT2D eigenvalue weighted by atomic mass is 19.1. The van der Waals surface area contributed by atoms with Crippen molar-refractivity contribution in [1.82, 2.24) is 20.2 Å². The second kappa shape index (κ2) is 6.03. The topological polar surface area (TPSA) is 113 Å². The van der Waals surface area contributed by atoms with E-state index in [1.165, 1.54) is 12.1 Å². The smallest absolute Gasteiger partial charge is 0.378 e. The Bertz CT molecular complexity index is 687. The van der Waals surface area contributed by atoms with Gasteiger partial charge in [0.2, 0.25) is 5.82 Å². The van der Waals surface area contributed by atoms with E-state index in [2.05, 4.69) is 15.5 Å². The van der Waals surface area contributed by atoms with Gasteiger partial charge in [-0.05, 0) is 17.4 Å². The summed E-state index contributed by atoms with van der Waals surface area (Å²) in [6.45, 7) is 1.53. The molecule has 21 heavy (non-hydrogen) atoms. The van der Waals surface area contributed by atoms with E-state index in [0.717, 1.165) is 10.7 Å². The summed E-state index contributed by atoms with van der Waals surface area (Å²) in [5.74, 6) is -1.95. The molecule has 0 atom stereocenters. The first-order valence-corrected chi connectivity index (χ1v) is 5.89. The van der Waals surface area contributed by atoms with Gasteiger partial charge in [-0.25, -0.2) is 9.48 Å². The van der Waals surface area contributed by atoms with Gasteiger partial charge in [-0.15, -0.1) is 5.10 Å². The number of carbonyl (C=O) groups is 1. The minimum atomic E-state index is -0.993. The summed E-state index contributed by atoms with van der Waals surface area (Å²) in [5.41, 5.74) is -0.666. The Labute approximate surface area is 117 Å². The van der Waals surface area contributed by atoms with Crippen LogP contribution in [0.1, 0.15) is 23.1 Å². The van der Waals surface area contributed by atoms with Crippen LogP contribution in [0.2, 0.25) is 0 Å². The summed E-state index contributed by atoms with van der Waals surface area (Å²) in [4.78, 5) is 21.4. The molecule has 10 heteroatoms. The van der Waals surface area contributed by atoms with Crippen LogP contribution in [0.15, 0.2) is 18.2 Å². The first kappa shape index (κ1) is 14.5. The van der Waals surface area contributed by atoms with Gasteiger partial charge in [-0.2, -0.15) is 4.39 Å². The molecule has 0 fully saturated rings. The lowest BCUT2D eigenvalue weighted by molar-refractivity contribution is -0.387. The average molecular weight is 295 g/mol. The number of aromatic nitrogens is 4. The number of rotatable bonds is 5. The Morgan fingerprint density at radius 1 is 1.52 bits per heavy atom. The SMILES string of the molecule is CCOC(=O)c1nnnn1Cc1cccc([N+](=O)[O-])c1F. The Hall–Kier alpha value is -2.91. The van der Waals surface area contributed by atoms with Gasteiger partial charge in [0.15, 0.2) is 0 Å². The normalized spacial score (nSPS) is 10.4. The number of benzene rings is 1. The van der Waals surface area contributed by atoms with Crippen molar-refractivity contribution in [3.8, 4) is 0 Å². The molecule has 1 aromatic heterocycles. The number of nitro groups is 1. The second-order valence-corrected chi connectivity index (χ2v) is 3.89. The van der Waals surface area contributed by atoms with E-state index >= 15 is 0 Å². The molecule has 0 saturated carbocycles. The summed E-state index contributed by atoms with van der Waals surface area (Å²) in [7, 11) is 0. The molecule has 0 aliphatic heterocycles. The highest BCUT2D eigenvalue weighted by Crippen LogP contribution is 2.20. The molecule has 1 heterocycles.